The number of allylic oxidation sites excluding steroid dienone is 3. The highest BCUT2D eigenvalue weighted by Gasteiger charge is 2.75. The minimum absolute atomic E-state index is 0.0800. The van der Waals surface area contributed by atoms with Gasteiger partial charge in [0.05, 0.1) is 22.3 Å². The molecule has 9 atom stereocenters. The number of Topliss-reactive ketones (excluding diaryl/α,β-unsaturated/α-hetero) is 2. The molecule has 3 fully saturated rings. The van der Waals surface area contributed by atoms with Gasteiger partial charge in [0.1, 0.15) is 17.7 Å². The lowest BCUT2D eigenvalue weighted by Gasteiger charge is -2.63. The largest absolute Gasteiger partial charge is 0.425 e. The summed E-state index contributed by atoms with van der Waals surface area (Å²) in [5.74, 6) is -5.97. The van der Waals surface area contributed by atoms with Gasteiger partial charge in [-0.05, 0) is 79.7 Å². The molecule has 0 saturated heterocycles. The Hall–Kier alpha value is -2.43. The average Bonchev–Trinajstić information content (AvgIpc) is 3.20. The minimum Gasteiger partial charge on any atom is -0.425 e. The topological polar surface area (TPSA) is 97.7 Å². The summed E-state index contributed by atoms with van der Waals surface area (Å²) in [7, 11) is 0. The van der Waals surface area contributed by atoms with Gasteiger partial charge in [0.2, 0.25) is 5.78 Å². The van der Waals surface area contributed by atoms with Crippen LogP contribution in [0.25, 0.3) is 0 Å². The highest BCUT2D eigenvalue weighted by molar-refractivity contribution is 8.14. The summed E-state index contributed by atoms with van der Waals surface area (Å²) in [4.78, 5) is 50.4. The fraction of sp³-hybridized carbons (Fsp3) is 0.562. The molecule has 1 aromatic carbocycles. The summed E-state index contributed by atoms with van der Waals surface area (Å²) < 4.78 is 52.7. The Morgan fingerprint density at radius 2 is 1.84 bits per heavy atom. The average molecular weight is 639 g/mol. The molecule has 1 N–H and O–H groups in total. The van der Waals surface area contributed by atoms with Crippen LogP contribution in [0.15, 0.2) is 41.7 Å². The smallest absolute Gasteiger partial charge is 0.379 e. The first-order valence-electron chi connectivity index (χ1n) is 14.4. The number of alkyl halides is 2. The summed E-state index contributed by atoms with van der Waals surface area (Å²) in [6.07, 6.45) is 0.0174. The lowest BCUT2D eigenvalue weighted by Crippen LogP contribution is -2.69. The van der Waals surface area contributed by atoms with E-state index in [1.54, 1.807) is 6.08 Å². The zero-order valence-electron chi connectivity index (χ0n) is 24.3. The van der Waals surface area contributed by atoms with Crippen molar-refractivity contribution in [2.75, 3.05) is 5.75 Å². The van der Waals surface area contributed by atoms with Gasteiger partial charge in [-0.2, -0.15) is 0 Å². The van der Waals surface area contributed by atoms with Crippen LogP contribution < -0.4 is 0 Å². The van der Waals surface area contributed by atoms with Crippen molar-refractivity contribution in [2.45, 2.75) is 71.3 Å². The maximum atomic E-state index is 17.8. The van der Waals surface area contributed by atoms with Gasteiger partial charge >= 0.3 is 5.97 Å². The number of benzene rings is 1. The number of fused-ring (bicyclic) bond motifs is 5. The number of aliphatic hydroxyl groups excluding tert-OH is 1. The normalized spacial score (nSPS) is 38.2. The molecule has 4 aliphatic rings. The Bertz CT molecular complexity index is 1460. The van der Waals surface area contributed by atoms with E-state index in [9.17, 15) is 28.7 Å². The second-order valence-electron chi connectivity index (χ2n) is 12.8. The minimum atomic E-state index is -2.45. The van der Waals surface area contributed by atoms with E-state index < -0.39 is 69.9 Å². The molecular weight excluding hydrogens is 605 g/mol. The molecule has 1 aromatic rings. The standard InChI is InChI=1S/C32H34ClF3O6S/c1-15-10-19-20-12-23(35)18-6-5-7-26(42-28(40)16(2)37)31(18,4)32(20,36)25(39)13-30(19,3)27(15)29(41)43-14-24(38)17-8-9-22(34)21(33)11-17/h6-9,11,15,19-20,23,25,27,39H,5,10,12-14H2,1-4H3/t15-,19+,20+,23+,25+,27-,30+,31-,32+/m1/s1. The van der Waals surface area contributed by atoms with Crippen molar-refractivity contribution in [3.05, 3.63) is 58.1 Å². The van der Waals surface area contributed by atoms with Crippen molar-refractivity contribution in [3.63, 3.8) is 0 Å². The maximum absolute atomic E-state index is 17.8. The molecule has 0 spiro atoms. The molecule has 0 bridgehead atoms. The van der Waals surface area contributed by atoms with Gasteiger partial charge < -0.3 is 9.84 Å². The van der Waals surface area contributed by atoms with Crippen LogP contribution in [-0.2, 0) is 19.1 Å². The van der Waals surface area contributed by atoms with E-state index in [4.69, 9.17) is 16.3 Å². The summed E-state index contributed by atoms with van der Waals surface area (Å²) in [6, 6.07) is 3.58. The van der Waals surface area contributed by atoms with Crippen LogP contribution in [0.2, 0.25) is 5.02 Å². The summed E-state index contributed by atoms with van der Waals surface area (Å²) in [5.41, 5.74) is -4.95. The van der Waals surface area contributed by atoms with Crippen LogP contribution in [0.5, 0.6) is 0 Å². The molecule has 43 heavy (non-hydrogen) atoms. The Labute approximate surface area is 257 Å². The first-order chi connectivity index (χ1) is 20.1. The van der Waals surface area contributed by atoms with Gasteiger partial charge in [-0.1, -0.05) is 43.3 Å². The summed E-state index contributed by atoms with van der Waals surface area (Å²) >= 11 is 6.62. The van der Waals surface area contributed by atoms with E-state index in [2.05, 4.69) is 0 Å². The van der Waals surface area contributed by atoms with Crippen LogP contribution in [-0.4, -0.2) is 51.5 Å². The number of hydrogen-bond acceptors (Lipinski definition) is 7. The highest BCUT2D eigenvalue weighted by atomic mass is 35.5. The van der Waals surface area contributed by atoms with Crippen LogP contribution >= 0.6 is 23.4 Å². The Morgan fingerprint density at radius 1 is 1.14 bits per heavy atom. The molecule has 0 unspecified atom stereocenters. The second kappa shape index (κ2) is 11.2. The molecule has 0 aliphatic heterocycles. The molecule has 0 aromatic heterocycles. The van der Waals surface area contributed by atoms with E-state index in [0.717, 1.165) is 24.8 Å². The number of carbonyl (C=O) groups is 4. The number of hydrogen-bond donors (Lipinski definition) is 1. The van der Waals surface area contributed by atoms with Crippen LogP contribution in [0.3, 0.4) is 0 Å². The molecule has 11 heteroatoms. The molecule has 6 nitrogen and oxygen atoms in total. The first kappa shape index (κ1) is 32.0. The lowest BCUT2D eigenvalue weighted by molar-refractivity contribution is -0.211. The number of aliphatic hydroxyl groups is 1. The SMILES string of the molecule is CC(=O)C(=O)OC1=CCC=C2[C@@H](F)C[C@H]3[C@@H]4C[C@@H](C)[C@H](C(=O)SCC(=O)c5ccc(F)c(Cl)c5)[C@@]4(C)C[C@H](O)[C@]3(F)[C@@]12C. The quantitative estimate of drug-likeness (QED) is 0.167. The van der Waals surface area contributed by atoms with Crippen molar-refractivity contribution < 1.29 is 42.2 Å². The number of esters is 1. The third-order valence-corrected chi connectivity index (χ3v) is 11.7. The number of rotatable bonds is 6. The third kappa shape index (κ3) is 4.83. The Morgan fingerprint density at radius 3 is 2.49 bits per heavy atom. The van der Waals surface area contributed by atoms with E-state index in [1.165, 1.54) is 25.1 Å². The number of thioether (sulfide) groups is 1. The van der Waals surface area contributed by atoms with Crippen LogP contribution in [0.4, 0.5) is 13.2 Å². The van der Waals surface area contributed by atoms with Crippen molar-refractivity contribution in [1.29, 1.82) is 0 Å². The molecular formula is C32H34ClF3O6S. The molecule has 3 saturated carbocycles. The van der Waals surface area contributed by atoms with Crippen LogP contribution in [0, 0.1) is 40.3 Å². The maximum Gasteiger partial charge on any atom is 0.379 e. The number of carbonyl (C=O) groups excluding carboxylic acids is 4. The van der Waals surface area contributed by atoms with Crippen molar-refractivity contribution >= 4 is 46.0 Å². The van der Waals surface area contributed by atoms with Gasteiger partial charge in [-0.15, -0.1) is 0 Å². The van der Waals surface area contributed by atoms with Crippen molar-refractivity contribution in [2.24, 2.45) is 34.5 Å². The van der Waals surface area contributed by atoms with Crippen molar-refractivity contribution in [3.8, 4) is 0 Å². The molecule has 5 rings (SSSR count). The summed E-state index contributed by atoms with van der Waals surface area (Å²) in [6.45, 7) is 6.13. The first-order valence-corrected chi connectivity index (χ1v) is 15.7. The molecule has 0 radical (unpaired) electrons. The predicted octanol–water partition coefficient (Wildman–Crippen LogP) is 6.38. The predicted molar refractivity (Wildman–Crippen MR) is 155 cm³/mol. The van der Waals surface area contributed by atoms with Gasteiger partial charge in [-0.25, -0.2) is 18.0 Å². The number of ketones is 2. The highest BCUT2D eigenvalue weighted by Crippen LogP contribution is 2.71. The zero-order chi connectivity index (χ0) is 31.6. The third-order valence-electron chi connectivity index (χ3n) is 10.5. The van der Waals surface area contributed by atoms with Gasteiger partial charge in [-0.3, -0.25) is 14.4 Å². The fourth-order valence-corrected chi connectivity index (χ4v) is 9.88. The number of halogens is 4. The summed E-state index contributed by atoms with van der Waals surface area (Å²) in [5, 5.41) is 11.2. The molecule has 0 heterocycles. The molecule has 4 aliphatic carbocycles. The van der Waals surface area contributed by atoms with E-state index >= 15 is 8.78 Å². The fourth-order valence-electron chi connectivity index (χ4n) is 8.57. The monoisotopic (exact) mass is 638 g/mol. The van der Waals surface area contributed by atoms with E-state index in [0.29, 0.717) is 6.42 Å². The lowest BCUT2D eigenvalue weighted by atomic mass is 9.44. The zero-order valence-corrected chi connectivity index (χ0v) is 25.9. The van der Waals surface area contributed by atoms with Gasteiger partial charge in [0.25, 0.3) is 0 Å². The molecule has 232 valence electrons. The Kier molecular flexibility index (Phi) is 8.31. The second-order valence-corrected chi connectivity index (χ2v) is 14.2. The van der Waals surface area contributed by atoms with Crippen LogP contribution in [0.1, 0.15) is 63.7 Å². The van der Waals surface area contributed by atoms with E-state index in [-0.39, 0.29) is 58.0 Å². The number of ether oxygens (including phenoxy) is 1. The molecule has 0 amide bonds. The van der Waals surface area contributed by atoms with E-state index in [1.807, 2.05) is 13.8 Å². The van der Waals surface area contributed by atoms with Crippen molar-refractivity contribution in [1.82, 2.24) is 0 Å². The van der Waals surface area contributed by atoms with Gasteiger partial charge in [0, 0.05) is 24.3 Å². The Balaban J connectivity index is 1.44. The van der Waals surface area contributed by atoms with Gasteiger partial charge in [0.15, 0.2) is 16.6 Å².